The van der Waals surface area contributed by atoms with Gasteiger partial charge in [-0.3, -0.25) is 9.59 Å². The first-order valence-electron chi connectivity index (χ1n) is 8.56. The summed E-state index contributed by atoms with van der Waals surface area (Å²) in [6.45, 7) is 3.88. The van der Waals surface area contributed by atoms with Gasteiger partial charge in [0.1, 0.15) is 11.6 Å². The molecule has 5 nitrogen and oxygen atoms in total. The Morgan fingerprint density at radius 3 is 2.54 bits per heavy atom. The zero-order valence-corrected chi connectivity index (χ0v) is 14.9. The SMILES string of the molecule is CCCC(=O)Nc1ccc(CNC(=O)C(C)Oc2cccc(F)c2)cc1. The molecule has 2 rings (SSSR count). The lowest BCUT2D eigenvalue weighted by atomic mass is 10.2. The maximum absolute atomic E-state index is 13.1. The predicted molar refractivity (Wildman–Crippen MR) is 98.3 cm³/mol. The topological polar surface area (TPSA) is 67.4 Å². The number of carbonyl (C=O) groups excluding carboxylic acids is 2. The van der Waals surface area contributed by atoms with Crippen molar-refractivity contribution in [1.82, 2.24) is 5.32 Å². The average Bonchev–Trinajstić information content (AvgIpc) is 2.61. The van der Waals surface area contributed by atoms with E-state index < -0.39 is 11.9 Å². The number of carbonyl (C=O) groups is 2. The molecule has 0 aromatic heterocycles. The van der Waals surface area contributed by atoms with Gasteiger partial charge < -0.3 is 15.4 Å². The van der Waals surface area contributed by atoms with Gasteiger partial charge in [-0.2, -0.15) is 0 Å². The van der Waals surface area contributed by atoms with E-state index in [9.17, 15) is 14.0 Å². The van der Waals surface area contributed by atoms with Gasteiger partial charge in [-0.25, -0.2) is 4.39 Å². The summed E-state index contributed by atoms with van der Waals surface area (Å²) in [6, 6.07) is 12.9. The molecule has 0 saturated carbocycles. The molecule has 26 heavy (non-hydrogen) atoms. The molecule has 0 fully saturated rings. The van der Waals surface area contributed by atoms with Crippen molar-refractivity contribution in [2.24, 2.45) is 0 Å². The summed E-state index contributed by atoms with van der Waals surface area (Å²) in [7, 11) is 0. The monoisotopic (exact) mass is 358 g/mol. The van der Waals surface area contributed by atoms with Gasteiger partial charge in [0.15, 0.2) is 6.10 Å². The standard InChI is InChI=1S/C20H23FN2O3/c1-3-5-19(24)23-17-10-8-15(9-11-17)13-22-20(25)14(2)26-18-7-4-6-16(21)12-18/h4,6-12,14H,3,5,13H2,1-2H3,(H,22,25)(H,23,24). The van der Waals surface area contributed by atoms with Gasteiger partial charge in [0.2, 0.25) is 5.91 Å². The number of nitrogens with one attached hydrogen (secondary N) is 2. The molecule has 2 amide bonds. The van der Waals surface area contributed by atoms with Crippen molar-refractivity contribution in [3.05, 3.63) is 59.9 Å². The van der Waals surface area contributed by atoms with Crippen LogP contribution in [0.15, 0.2) is 48.5 Å². The van der Waals surface area contributed by atoms with E-state index in [0.717, 1.165) is 17.7 Å². The smallest absolute Gasteiger partial charge is 0.261 e. The fraction of sp³-hybridized carbons (Fsp3) is 0.300. The molecular formula is C20H23FN2O3. The van der Waals surface area contributed by atoms with Crippen LogP contribution in [0.2, 0.25) is 0 Å². The van der Waals surface area contributed by atoms with Gasteiger partial charge in [-0.15, -0.1) is 0 Å². The number of amides is 2. The van der Waals surface area contributed by atoms with Crippen molar-refractivity contribution in [1.29, 1.82) is 0 Å². The average molecular weight is 358 g/mol. The third kappa shape index (κ3) is 6.20. The number of halogens is 1. The number of anilines is 1. The molecule has 6 heteroatoms. The van der Waals surface area contributed by atoms with E-state index in [1.54, 1.807) is 25.1 Å². The van der Waals surface area contributed by atoms with E-state index in [2.05, 4.69) is 10.6 Å². The Morgan fingerprint density at radius 2 is 1.88 bits per heavy atom. The highest BCUT2D eigenvalue weighted by molar-refractivity contribution is 5.90. The Bertz CT molecular complexity index is 747. The normalized spacial score (nSPS) is 11.5. The minimum Gasteiger partial charge on any atom is -0.481 e. The van der Waals surface area contributed by atoms with Crippen molar-refractivity contribution in [2.45, 2.75) is 39.3 Å². The minimum absolute atomic E-state index is 0.0168. The van der Waals surface area contributed by atoms with Crippen LogP contribution in [0, 0.1) is 5.82 Å². The van der Waals surface area contributed by atoms with Crippen LogP contribution in [0.3, 0.4) is 0 Å². The largest absolute Gasteiger partial charge is 0.481 e. The summed E-state index contributed by atoms with van der Waals surface area (Å²) in [5.74, 6) is -0.424. The number of hydrogen-bond acceptors (Lipinski definition) is 3. The van der Waals surface area contributed by atoms with Crippen LogP contribution >= 0.6 is 0 Å². The quantitative estimate of drug-likeness (QED) is 0.757. The Morgan fingerprint density at radius 1 is 1.15 bits per heavy atom. The first kappa shape index (κ1) is 19.4. The van der Waals surface area contributed by atoms with Crippen molar-refractivity contribution in [2.75, 3.05) is 5.32 Å². The summed E-state index contributed by atoms with van der Waals surface area (Å²) >= 11 is 0. The number of hydrogen-bond donors (Lipinski definition) is 2. The van der Waals surface area contributed by atoms with Crippen LogP contribution < -0.4 is 15.4 Å². The first-order chi connectivity index (χ1) is 12.5. The van der Waals surface area contributed by atoms with E-state index in [-0.39, 0.29) is 11.8 Å². The second-order valence-electron chi connectivity index (χ2n) is 5.93. The molecule has 0 bridgehead atoms. The summed E-state index contributed by atoms with van der Waals surface area (Å²) in [5, 5.41) is 5.58. The van der Waals surface area contributed by atoms with Crippen molar-refractivity contribution >= 4 is 17.5 Å². The molecule has 0 heterocycles. The highest BCUT2D eigenvalue weighted by atomic mass is 19.1. The van der Waals surface area contributed by atoms with Crippen LogP contribution in [0.1, 0.15) is 32.3 Å². The highest BCUT2D eigenvalue weighted by Crippen LogP contribution is 2.14. The fourth-order valence-electron chi connectivity index (χ4n) is 2.29. The van der Waals surface area contributed by atoms with Crippen LogP contribution in [0.25, 0.3) is 0 Å². The third-order valence-electron chi connectivity index (χ3n) is 3.66. The maximum atomic E-state index is 13.1. The highest BCUT2D eigenvalue weighted by Gasteiger charge is 2.14. The molecule has 2 N–H and O–H groups in total. The Kier molecular flexibility index (Phi) is 7.14. The molecular weight excluding hydrogens is 335 g/mol. The molecule has 0 aliphatic rings. The summed E-state index contributed by atoms with van der Waals surface area (Å²) < 4.78 is 18.6. The Hall–Kier alpha value is -2.89. The van der Waals surface area contributed by atoms with Crippen molar-refractivity contribution < 1.29 is 18.7 Å². The predicted octanol–water partition coefficient (Wildman–Crippen LogP) is 3.65. The lowest BCUT2D eigenvalue weighted by Gasteiger charge is -2.15. The van der Waals surface area contributed by atoms with Crippen LogP contribution in [0.4, 0.5) is 10.1 Å². The van der Waals surface area contributed by atoms with Gasteiger partial charge in [0.25, 0.3) is 5.91 Å². The van der Waals surface area contributed by atoms with Gasteiger partial charge in [-0.1, -0.05) is 25.1 Å². The molecule has 0 spiro atoms. The minimum atomic E-state index is -0.746. The van der Waals surface area contributed by atoms with Crippen LogP contribution in [-0.2, 0) is 16.1 Å². The van der Waals surface area contributed by atoms with Gasteiger partial charge in [0.05, 0.1) is 0 Å². The van der Waals surface area contributed by atoms with Crippen molar-refractivity contribution in [3.63, 3.8) is 0 Å². The van der Waals surface area contributed by atoms with E-state index in [1.165, 1.54) is 18.2 Å². The summed E-state index contributed by atoms with van der Waals surface area (Å²) in [4.78, 5) is 23.7. The molecule has 138 valence electrons. The summed E-state index contributed by atoms with van der Waals surface area (Å²) in [6.07, 6.45) is 0.539. The third-order valence-corrected chi connectivity index (χ3v) is 3.66. The van der Waals surface area contributed by atoms with Crippen LogP contribution in [0.5, 0.6) is 5.75 Å². The zero-order chi connectivity index (χ0) is 18.9. The molecule has 1 unspecified atom stereocenters. The molecule has 1 atom stereocenters. The molecule has 0 radical (unpaired) electrons. The Balaban J connectivity index is 1.81. The number of rotatable bonds is 8. The lowest BCUT2D eigenvalue weighted by Crippen LogP contribution is -2.35. The van der Waals surface area contributed by atoms with Crippen molar-refractivity contribution in [3.8, 4) is 5.75 Å². The maximum Gasteiger partial charge on any atom is 0.261 e. The number of benzene rings is 2. The molecule has 0 saturated heterocycles. The molecule has 2 aromatic rings. The second-order valence-corrected chi connectivity index (χ2v) is 5.93. The number of ether oxygens (including phenoxy) is 1. The zero-order valence-electron chi connectivity index (χ0n) is 14.9. The van der Waals surface area contributed by atoms with E-state index in [1.807, 2.05) is 19.1 Å². The fourth-order valence-corrected chi connectivity index (χ4v) is 2.29. The van der Waals surface area contributed by atoms with E-state index in [4.69, 9.17) is 4.74 Å². The molecule has 0 aliphatic heterocycles. The Labute approximate surface area is 152 Å². The van der Waals surface area contributed by atoms with Crippen LogP contribution in [-0.4, -0.2) is 17.9 Å². The van der Waals surface area contributed by atoms with E-state index >= 15 is 0 Å². The molecule has 2 aromatic carbocycles. The lowest BCUT2D eigenvalue weighted by molar-refractivity contribution is -0.127. The summed E-state index contributed by atoms with van der Waals surface area (Å²) in [5.41, 5.74) is 1.62. The van der Waals surface area contributed by atoms with E-state index in [0.29, 0.717) is 18.7 Å². The van der Waals surface area contributed by atoms with Gasteiger partial charge in [-0.05, 0) is 43.2 Å². The van der Waals surface area contributed by atoms with Gasteiger partial charge >= 0.3 is 0 Å². The van der Waals surface area contributed by atoms with Gasteiger partial charge in [0, 0.05) is 24.7 Å². The first-order valence-corrected chi connectivity index (χ1v) is 8.56. The molecule has 0 aliphatic carbocycles. The second kappa shape index (κ2) is 9.56.